The number of nitrogens with two attached hydrogens (primary N) is 1. The van der Waals surface area contributed by atoms with Crippen molar-refractivity contribution >= 4 is 10.8 Å². The summed E-state index contributed by atoms with van der Waals surface area (Å²) in [6, 6.07) is 5.66. The molecule has 1 aromatic heterocycles. The van der Waals surface area contributed by atoms with Crippen molar-refractivity contribution in [3.63, 3.8) is 0 Å². The molecule has 0 aliphatic rings. The highest BCUT2D eigenvalue weighted by atomic mass is 32.2. The normalized spacial score (nSPS) is 15.0. The summed E-state index contributed by atoms with van der Waals surface area (Å²) >= 11 is 0. The Balaban J connectivity index is 2.49. The quantitative estimate of drug-likeness (QED) is 0.794. The van der Waals surface area contributed by atoms with Crippen LogP contribution in [0.1, 0.15) is 19.0 Å². The zero-order valence-electron chi connectivity index (χ0n) is 8.35. The van der Waals surface area contributed by atoms with Gasteiger partial charge in [0.2, 0.25) is 0 Å². The maximum Gasteiger partial charge on any atom is 0.0661 e. The summed E-state index contributed by atoms with van der Waals surface area (Å²) in [5.41, 5.74) is 6.29. The van der Waals surface area contributed by atoms with Gasteiger partial charge in [-0.2, -0.15) is 0 Å². The molecule has 1 heterocycles. The third-order valence-electron chi connectivity index (χ3n) is 2.04. The van der Waals surface area contributed by atoms with E-state index >= 15 is 0 Å². The summed E-state index contributed by atoms with van der Waals surface area (Å²) in [5.74, 6) is 0.530. The van der Waals surface area contributed by atoms with Crippen LogP contribution in [-0.4, -0.2) is 21.0 Å². The van der Waals surface area contributed by atoms with Gasteiger partial charge in [-0.1, -0.05) is 13.0 Å². The van der Waals surface area contributed by atoms with E-state index in [-0.39, 0.29) is 5.25 Å². The van der Waals surface area contributed by atoms with E-state index in [0.29, 0.717) is 12.3 Å². The topological polar surface area (TPSA) is 56.0 Å². The van der Waals surface area contributed by atoms with Gasteiger partial charge in [-0.25, -0.2) is 0 Å². The van der Waals surface area contributed by atoms with Crippen molar-refractivity contribution in [2.24, 2.45) is 5.73 Å². The van der Waals surface area contributed by atoms with Crippen molar-refractivity contribution < 1.29 is 4.21 Å². The third-order valence-corrected chi connectivity index (χ3v) is 3.75. The van der Waals surface area contributed by atoms with Crippen molar-refractivity contribution in [2.45, 2.75) is 24.3 Å². The molecule has 0 saturated heterocycles. The molecule has 1 rings (SSSR count). The molecule has 14 heavy (non-hydrogen) atoms. The lowest BCUT2D eigenvalue weighted by Crippen LogP contribution is -2.17. The molecule has 1 aromatic rings. The molecule has 0 bridgehead atoms. The minimum atomic E-state index is -0.858. The fourth-order valence-electron chi connectivity index (χ4n) is 1.14. The SMILES string of the molecule is CC(CCN)S(=O)Cc1ccccn1. The van der Waals surface area contributed by atoms with Gasteiger partial charge >= 0.3 is 0 Å². The molecule has 2 unspecified atom stereocenters. The van der Waals surface area contributed by atoms with Crippen molar-refractivity contribution in [2.75, 3.05) is 6.54 Å². The summed E-state index contributed by atoms with van der Waals surface area (Å²) in [4.78, 5) is 4.14. The van der Waals surface area contributed by atoms with Crippen molar-refractivity contribution in [3.8, 4) is 0 Å². The monoisotopic (exact) mass is 212 g/mol. The highest BCUT2D eigenvalue weighted by Gasteiger charge is 2.10. The Morgan fingerprint density at radius 3 is 2.93 bits per heavy atom. The lowest BCUT2D eigenvalue weighted by molar-refractivity contribution is 0.665. The van der Waals surface area contributed by atoms with E-state index in [1.54, 1.807) is 6.20 Å². The number of aromatic nitrogens is 1. The molecule has 0 radical (unpaired) electrons. The maximum atomic E-state index is 11.7. The zero-order valence-corrected chi connectivity index (χ0v) is 9.17. The number of pyridine rings is 1. The number of nitrogens with zero attached hydrogens (tertiary/aromatic N) is 1. The molecule has 78 valence electrons. The standard InChI is InChI=1S/C10H16N2OS/c1-9(5-6-11)14(13)8-10-4-2-3-7-12-10/h2-4,7,9H,5-6,8,11H2,1H3. The van der Waals surface area contributed by atoms with Crippen molar-refractivity contribution in [1.29, 1.82) is 0 Å². The summed E-state index contributed by atoms with van der Waals surface area (Å²) in [7, 11) is -0.858. The van der Waals surface area contributed by atoms with E-state index in [1.807, 2.05) is 25.1 Å². The Kier molecular flexibility index (Phi) is 4.76. The molecule has 0 fully saturated rings. The van der Waals surface area contributed by atoms with Gasteiger partial charge in [0.25, 0.3) is 0 Å². The van der Waals surface area contributed by atoms with E-state index in [4.69, 9.17) is 5.73 Å². The van der Waals surface area contributed by atoms with Gasteiger partial charge < -0.3 is 5.73 Å². The lowest BCUT2D eigenvalue weighted by Gasteiger charge is -2.09. The van der Waals surface area contributed by atoms with Crippen LogP contribution in [0.3, 0.4) is 0 Å². The van der Waals surface area contributed by atoms with Gasteiger partial charge in [-0.05, 0) is 25.1 Å². The summed E-state index contributed by atoms with van der Waals surface area (Å²) < 4.78 is 11.7. The van der Waals surface area contributed by atoms with Gasteiger partial charge in [0, 0.05) is 22.2 Å². The Bertz CT molecular complexity index is 289. The van der Waals surface area contributed by atoms with Crippen LogP contribution < -0.4 is 5.73 Å². The highest BCUT2D eigenvalue weighted by Crippen LogP contribution is 2.06. The molecule has 0 spiro atoms. The predicted molar refractivity (Wildman–Crippen MR) is 59.2 cm³/mol. The van der Waals surface area contributed by atoms with Gasteiger partial charge in [-0.3, -0.25) is 9.19 Å². The number of rotatable bonds is 5. The minimum Gasteiger partial charge on any atom is -0.330 e. The molecule has 4 heteroatoms. The predicted octanol–water partition coefficient (Wildman–Crippen LogP) is 1.07. The van der Waals surface area contributed by atoms with Crippen LogP contribution in [0.25, 0.3) is 0 Å². The summed E-state index contributed by atoms with van der Waals surface area (Å²) in [6.45, 7) is 2.56. The fraction of sp³-hybridized carbons (Fsp3) is 0.500. The molecule has 0 amide bonds. The first-order chi connectivity index (χ1) is 6.74. The van der Waals surface area contributed by atoms with Gasteiger partial charge in [-0.15, -0.1) is 0 Å². The molecule has 0 saturated carbocycles. The van der Waals surface area contributed by atoms with Crippen LogP contribution in [0.4, 0.5) is 0 Å². The van der Waals surface area contributed by atoms with Crippen LogP contribution in [-0.2, 0) is 16.6 Å². The van der Waals surface area contributed by atoms with Gasteiger partial charge in [0.1, 0.15) is 0 Å². The van der Waals surface area contributed by atoms with Crippen LogP contribution in [0.2, 0.25) is 0 Å². The fourth-order valence-corrected chi connectivity index (χ4v) is 2.28. The molecule has 0 aliphatic heterocycles. The Morgan fingerprint density at radius 1 is 1.57 bits per heavy atom. The molecule has 2 N–H and O–H groups in total. The van der Waals surface area contributed by atoms with Crippen LogP contribution >= 0.6 is 0 Å². The smallest absolute Gasteiger partial charge is 0.0661 e. The van der Waals surface area contributed by atoms with Crippen LogP contribution in [0.5, 0.6) is 0 Å². The Hall–Kier alpha value is -0.740. The van der Waals surface area contributed by atoms with E-state index in [1.165, 1.54) is 0 Å². The number of hydrogen-bond acceptors (Lipinski definition) is 3. The minimum absolute atomic E-state index is 0.155. The van der Waals surface area contributed by atoms with E-state index in [9.17, 15) is 4.21 Å². The second-order valence-corrected chi connectivity index (χ2v) is 5.09. The number of hydrogen-bond donors (Lipinski definition) is 1. The van der Waals surface area contributed by atoms with Gasteiger partial charge in [0.05, 0.1) is 11.4 Å². The Labute approximate surface area is 87.2 Å². The molecule has 0 aliphatic carbocycles. The molecular weight excluding hydrogens is 196 g/mol. The van der Waals surface area contributed by atoms with Gasteiger partial charge in [0.15, 0.2) is 0 Å². The zero-order chi connectivity index (χ0) is 10.4. The molecule has 2 atom stereocenters. The Morgan fingerprint density at radius 2 is 2.36 bits per heavy atom. The largest absolute Gasteiger partial charge is 0.330 e. The van der Waals surface area contributed by atoms with Crippen LogP contribution in [0.15, 0.2) is 24.4 Å². The first kappa shape index (κ1) is 11.3. The average Bonchev–Trinajstić information content (AvgIpc) is 2.19. The molecule has 0 aromatic carbocycles. The molecule has 3 nitrogen and oxygen atoms in total. The second-order valence-electron chi connectivity index (χ2n) is 3.23. The second kappa shape index (κ2) is 5.88. The first-order valence-electron chi connectivity index (χ1n) is 4.71. The van der Waals surface area contributed by atoms with E-state index in [0.717, 1.165) is 12.1 Å². The average molecular weight is 212 g/mol. The van der Waals surface area contributed by atoms with Crippen LogP contribution in [0, 0.1) is 0 Å². The van der Waals surface area contributed by atoms with E-state index in [2.05, 4.69) is 4.98 Å². The van der Waals surface area contributed by atoms with E-state index < -0.39 is 10.8 Å². The molecular formula is C10H16N2OS. The summed E-state index contributed by atoms with van der Waals surface area (Å²) in [5, 5.41) is 0.155. The third kappa shape index (κ3) is 3.55. The maximum absolute atomic E-state index is 11.7. The highest BCUT2D eigenvalue weighted by molar-refractivity contribution is 7.84. The van der Waals surface area contributed by atoms with Crippen molar-refractivity contribution in [1.82, 2.24) is 4.98 Å². The first-order valence-corrected chi connectivity index (χ1v) is 6.09. The van der Waals surface area contributed by atoms with Crippen molar-refractivity contribution in [3.05, 3.63) is 30.1 Å². The lowest BCUT2D eigenvalue weighted by atomic mass is 10.3. The summed E-state index contributed by atoms with van der Waals surface area (Å²) in [6.07, 6.45) is 2.53.